The quantitative estimate of drug-likeness (QED) is 0.0375. The summed E-state index contributed by atoms with van der Waals surface area (Å²) in [7, 11) is -4.81. The van der Waals surface area contributed by atoms with Crippen molar-refractivity contribution >= 4 is 22.1 Å². The van der Waals surface area contributed by atoms with Gasteiger partial charge in [0.05, 0.1) is 29.2 Å². The van der Waals surface area contributed by atoms with E-state index in [1.807, 2.05) is 12.2 Å². The number of esters is 2. The van der Waals surface area contributed by atoms with Crippen LogP contribution >= 0.6 is 0 Å². The van der Waals surface area contributed by atoms with E-state index in [9.17, 15) is 22.6 Å². The predicted molar refractivity (Wildman–Crippen MR) is 168 cm³/mol. The molecular formula is C34H53KO7S. The van der Waals surface area contributed by atoms with Crippen molar-refractivity contribution in [3.05, 3.63) is 54.6 Å². The molecule has 1 aromatic carbocycles. The van der Waals surface area contributed by atoms with Gasteiger partial charge in [0, 0.05) is 0 Å². The van der Waals surface area contributed by atoms with Crippen molar-refractivity contribution in [2.45, 2.75) is 133 Å². The molecule has 0 bridgehead atoms. The van der Waals surface area contributed by atoms with Gasteiger partial charge in [-0.2, -0.15) is 0 Å². The first-order valence-corrected chi connectivity index (χ1v) is 17.4. The molecule has 0 aliphatic rings. The zero-order chi connectivity index (χ0) is 30.9. The van der Waals surface area contributed by atoms with E-state index in [0.29, 0.717) is 12.8 Å². The summed E-state index contributed by atoms with van der Waals surface area (Å²) >= 11 is 0. The Balaban J connectivity index is 0.0000176. The van der Waals surface area contributed by atoms with E-state index in [2.05, 4.69) is 13.2 Å². The van der Waals surface area contributed by atoms with Crippen LogP contribution in [0.5, 0.6) is 0 Å². The predicted octanol–water partition coefficient (Wildman–Crippen LogP) is 6.08. The second-order valence-corrected chi connectivity index (χ2v) is 12.3. The minimum Gasteiger partial charge on any atom is -0.744 e. The van der Waals surface area contributed by atoms with Gasteiger partial charge in [-0.15, -0.1) is 13.2 Å². The van der Waals surface area contributed by atoms with Gasteiger partial charge in [0.15, 0.2) is 0 Å². The fourth-order valence-corrected chi connectivity index (χ4v) is 5.26. The molecule has 0 aliphatic carbocycles. The summed E-state index contributed by atoms with van der Waals surface area (Å²) in [6.45, 7) is 7.83. The van der Waals surface area contributed by atoms with Crippen molar-refractivity contribution in [3.8, 4) is 0 Å². The number of benzene rings is 1. The van der Waals surface area contributed by atoms with Gasteiger partial charge in [-0.1, -0.05) is 102 Å². The molecule has 0 amide bonds. The van der Waals surface area contributed by atoms with Crippen LogP contribution in [-0.4, -0.2) is 38.1 Å². The first kappa shape index (κ1) is 42.2. The summed E-state index contributed by atoms with van der Waals surface area (Å²) in [6, 6.07) is 3.08. The summed E-state index contributed by atoms with van der Waals surface area (Å²) < 4.78 is 45.3. The third kappa shape index (κ3) is 21.5. The molecule has 238 valence electrons. The molecule has 0 unspecified atom stereocenters. The number of hydrogen-bond acceptors (Lipinski definition) is 7. The van der Waals surface area contributed by atoms with Crippen LogP contribution in [0.3, 0.4) is 0 Å². The number of unbranched alkanes of at least 4 members (excludes halogenated alkanes) is 18. The van der Waals surface area contributed by atoms with Crippen LogP contribution in [0.1, 0.15) is 149 Å². The average Bonchev–Trinajstić information content (AvgIpc) is 2.97. The molecule has 0 N–H and O–H groups in total. The number of allylic oxidation sites excluding steroid dienone is 2. The van der Waals surface area contributed by atoms with Gasteiger partial charge in [-0.3, -0.25) is 0 Å². The second-order valence-electron chi connectivity index (χ2n) is 11.0. The molecule has 1 aromatic rings. The molecule has 0 aromatic heterocycles. The maximum Gasteiger partial charge on any atom is 1.00 e. The van der Waals surface area contributed by atoms with E-state index >= 15 is 0 Å². The maximum absolute atomic E-state index is 12.8. The van der Waals surface area contributed by atoms with Crippen LogP contribution < -0.4 is 51.4 Å². The van der Waals surface area contributed by atoms with Crippen molar-refractivity contribution in [1.29, 1.82) is 0 Å². The smallest absolute Gasteiger partial charge is 0.744 e. The van der Waals surface area contributed by atoms with Gasteiger partial charge >= 0.3 is 63.3 Å². The van der Waals surface area contributed by atoms with E-state index in [0.717, 1.165) is 69.6 Å². The molecule has 0 heterocycles. The van der Waals surface area contributed by atoms with E-state index in [1.54, 1.807) is 0 Å². The SMILES string of the molecule is C=CCCCCCCCCCCCOC(=O)c1ccc(S(=O)(=O)[O-])cc1C(=O)OCCCCCCCCCCCC=C.[K+]. The zero-order valence-electron chi connectivity index (χ0n) is 26.6. The monoisotopic (exact) mass is 644 g/mol. The van der Waals surface area contributed by atoms with E-state index in [-0.39, 0.29) is 75.7 Å². The van der Waals surface area contributed by atoms with E-state index in [4.69, 9.17) is 9.47 Å². The van der Waals surface area contributed by atoms with E-state index < -0.39 is 27.0 Å². The normalized spacial score (nSPS) is 11.0. The minimum atomic E-state index is -4.81. The van der Waals surface area contributed by atoms with Gasteiger partial charge < -0.3 is 14.0 Å². The molecule has 43 heavy (non-hydrogen) atoms. The molecule has 0 fully saturated rings. The summed E-state index contributed by atoms with van der Waals surface area (Å²) in [5.41, 5.74) is -0.363. The van der Waals surface area contributed by atoms with Crippen LogP contribution in [0, 0.1) is 0 Å². The number of carbonyl (C=O) groups excluding carboxylic acids is 2. The van der Waals surface area contributed by atoms with Gasteiger partial charge in [-0.05, 0) is 56.7 Å². The summed E-state index contributed by atoms with van der Waals surface area (Å²) in [5.74, 6) is -1.57. The summed E-state index contributed by atoms with van der Waals surface area (Å²) in [5, 5.41) is 0. The van der Waals surface area contributed by atoms with Crippen LogP contribution in [0.25, 0.3) is 0 Å². The molecule has 0 saturated carbocycles. The first-order chi connectivity index (χ1) is 20.3. The summed E-state index contributed by atoms with van der Waals surface area (Å²) in [4.78, 5) is 24.9. The van der Waals surface area contributed by atoms with Gasteiger partial charge in [-0.25, -0.2) is 18.0 Å². The van der Waals surface area contributed by atoms with Crippen molar-refractivity contribution in [2.24, 2.45) is 0 Å². The van der Waals surface area contributed by atoms with Crippen LogP contribution in [-0.2, 0) is 19.6 Å². The molecule has 7 nitrogen and oxygen atoms in total. The Morgan fingerprint density at radius 2 is 0.953 bits per heavy atom. The van der Waals surface area contributed by atoms with Gasteiger partial charge in [0.2, 0.25) is 0 Å². The number of rotatable bonds is 27. The topological polar surface area (TPSA) is 110 Å². The third-order valence-electron chi connectivity index (χ3n) is 7.29. The van der Waals surface area contributed by atoms with Crippen molar-refractivity contribution < 1.29 is 83.4 Å². The van der Waals surface area contributed by atoms with Crippen LogP contribution in [0.4, 0.5) is 0 Å². The Morgan fingerprint density at radius 1 is 0.605 bits per heavy atom. The molecule has 0 radical (unpaired) electrons. The average molecular weight is 645 g/mol. The standard InChI is InChI=1S/C34H54O7S.K/c1-3-5-7-9-11-13-15-17-19-21-23-27-40-33(35)31-26-25-30(42(37,38)39)29-32(31)34(36)41-28-24-22-20-18-16-14-12-10-8-6-4-2;/h3-4,25-26,29H,1-2,5-24,27-28H2,(H,37,38,39);/q;+1/p-1. The molecule has 0 saturated heterocycles. The minimum absolute atomic E-state index is 0. The van der Waals surface area contributed by atoms with Crippen LogP contribution in [0.2, 0.25) is 0 Å². The first-order valence-electron chi connectivity index (χ1n) is 16.0. The zero-order valence-corrected chi connectivity index (χ0v) is 30.6. The van der Waals surface area contributed by atoms with Crippen molar-refractivity contribution in [2.75, 3.05) is 13.2 Å². The molecular weight excluding hydrogens is 592 g/mol. The Labute approximate surface area is 303 Å². The summed E-state index contributed by atoms with van der Waals surface area (Å²) in [6.07, 6.45) is 25.9. The number of ether oxygens (including phenoxy) is 2. The maximum atomic E-state index is 12.8. The molecule has 0 aliphatic heterocycles. The molecule has 1 rings (SSSR count). The van der Waals surface area contributed by atoms with Crippen molar-refractivity contribution in [1.82, 2.24) is 0 Å². The third-order valence-corrected chi connectivity index (χ3v) is 8.12. The number of hydrogen-bond donors (Lipinski definition) is 0. The largest absolute Gasteiger partial charge is 1.00 e. The molecule has 9 heteroatoms. The van der Waals surface area contributed by atoms with Gasteiger partial charge in [0.25, 0.3) is 0 Å². The van der Waals surface area contributed by atoms with Gasteiger partial charge in [0.1, 0.15) is 10.1 Å². The molecule has 0 spiro atoms. The Bertz CT molecular complexity index is 1020. The molecule has 0 atom stereocenters. The second kappa shape index (κ2) is 27.5. The Morgan fingerprint density at radius 3 is 1.33 bits per heavy atom. The Hall–Kier alpha value is -0.814. The number of carbonyl (C=O) groups is 2. The Kier molecular flexibility index (Phi) is 27.0. The fraction of sp³-hybridized carbons (Fsp3) is 0.647. The van der Waals surface area contributed by atoms with Crippen LogP contribution in [0.15, 0.2) is 48.4 Å². The fourth-order valence-electron chi connectivity index (χ4n) is 4.77. The van der Waals surface area contributed by atoms with Crippen molar-refractivity contribution in [3.63, 3.8) is 0 Å². The van der Waals surface area contributed by atoms with E-state index in [1.165, 1.54) is 64.2 Å².